The largest absolute Gasteiger partial charge is 0.259 e. The van der Waals surface area contributed by atoms with E-state index in [1.807, 2.05) is 0 Å². The molecule has 0 N–H and O–H groups in total. The summed E-state index contributed by atoms with van der Waals surface area (Å²) in [6.07, 6.45) is 2.93. The number of alkyl halides is 2. The Labute approximate surface area is 87.3 Å². The van der Waals surface area contributed by atoms with Crippen molar-refractivity contribution in [1.29, 1.82) is 0 Å². The van der Waals surface area contributed by atoms with Gasteiger partial charge in [-0.1, -0.05) is 27.5 Å². The summed E-state index contributed by atoms with van der Waals surface area (Å²) in [5.41, 5.74) is 0.00868. The second-order valence-corrected chi connectivity index (χ2v) is 5.34. The number of hydrogen-bond donors (Lipinski definition) is 0. The summed E-state index contributed by atoms with van der Waals surface area (Å²) < 4.78 is -0.915. The van der Waals surface area contributed by atoms with Crippen LogP contribution in [0.1, 0.15) is 6.42 Å². The Balaban J connectivity index is 2.96. The molecule has 12 heavy (non-hydrogen) atoms. The minimum Gasteiger partial charge on any atom is -0.259 e. The first-order valence-corrected chi connectivity index (χ1v) is 4.57. The van der Waals surface area contributed by atoms with Crippen molar-refractivity contribution < 1.29 is 4.92 Å². The lowest BCUT2D eigenvalue weighted by atomic mass is 10.1. The zero-order chi connectivity index (χ0) is 9.35. The Bertz CT molecular complexity index is 285. The van der Waals surface area contributed by atoms with Gasteiger partial charge in [-0.25, -0.2) is 0 Å². The van der Waals surface area contributed by atoms with E-state index in [0.717, 1.165) is 0 Å². The highest BCUT2D eigenvalue weighted by Crippen LogP contribution is 2.38. The summed E-state index contributed by atoms with van der Waals surface area (Å²) in [4.78, 5) is 9.87. The van der Waals surface area contributed by atoms with Crippen molar-refractivity contribution in [3.8, 4) is 0 Å². The lowest BCUT2D eigenvalue weighted by Crippen LogP contribution is -2.17. The van der Waals surface area contributed by atoms with Gasteiger partial charge in [0.05, 0.1) is 11.3 Å². The summed E-state index contributed by atoms with van der Waals surface area (Å²) in [7, 11) is 0. The van der Waals surface area contributed by atoms with Gasteiger partial charge in [0.2, 0.25) is 0 Å². The minimum absolute atomic E-state index is 0.00868. The molecule has 0 aliphatic heterocycles. The highest BCUT2D eigenvalue weighted by Gasteiger charge is 2.31. The molecule has 3 nitrogen and oxygen atoms in total. The molecule has 0 aromatic heterocycles. The van der Waals surface area contributed by atoms with Gasteiger partial charge in [0.25, 0.3) is 5.70 Å². The van der Waals surface area contributed by atoms with Gasteiger partial charge < -0.3 is 0 Å². The fourth-order valence-electron chi connectivity index (χ4n) is 0.863. The number of halogens is 3. The van der Waals surface area contributed by atoms with Crippen LogP contribution in [0.5, 0.6) is 0 Å². The maximum Gasteiger partial charge on any atom is 0.250 e. The number of hydrogen-bond acceptors (Lipinski definition) is 2. The molecule has 0 saturated carbocycles. The van der Waals surface area contributed by atoms with Crippen LogP contribution in [-0.4, -0.2) is 8.71 Å². The average molecular weight is 273 g/mol. The third kappa shape index (κ3) is 2.47. The van der Waals surface area contributed by atoms with Crippen LogP contribution in [0.3, 0.4) is 0 Å². The maximum atomic E-state index is 10.4. The molecule has 0 radical (unpaired) electrons. The van der Waals surface area contributed by atoms with Crippen LogP contribution in [0.25, 0.3) is 0 Å². The molecule has 6 heteroatoms. The van der Waals surface area contributed by atoms with Gasteiger partial charge in [0.1, 0.15) is 3.78 Å². The first kappa shape index (κ1) is 10.0. The van der Waals surface area contributed by atoms with Gasteiger partial charge in [-0.05, 0) is 6.08 Å². The lowest BCUT2D eigenvalue weighted by Gasteiger charge is -2.17. The Kier molecular flexibility index (Phi) is 2.81. The van der Waals surface area contributed by atoms with Crippen LogP contribution in [-0.2, 0) is 0 Å². The quantitative estimate of drug-likeness (QED) is 0.418. The fraction of sp³-hybridized carbons (Fsp3) is 0.333. The van der Waals surface area contributed by atoms with Gasteiger partial charge in [-0.15, -0.1) is 11.6 Å². The van der Waals surface area contributed by atoms with Crippen molar-refractivity contribution in [2.45, 2.75) is 10.2 Å². The van der Waals surface area contributed by atoms with E-state index in [1.165, 1.54) is 12.2 Å². The topological polar surface area (TPSA) is 43.1 Å². The average Bonchev–Trinajstić information content (AvgIpc) is 1.82. The Morgan fingerprint density at radius 3 is 2.75 bits per heavy atom. The summed E-state index contributed by atoms with van der Waals surface area (Å²) in [6.45, 7) is 0. The second-order valence-electron chi connectivity index (χ2n) is 2.36. The van der Waals surface area contributed by atoms with E-state index in [4.69, 9.17) is 23.2 Å². The molecule has 0 aromatic carbocycles. The number of allylic oxidation sites excluding steroid dienone is 4. The Hall–Kier alpha value is -0.0600. The lowest BCUT2D eigenvalue weighted by molar-refractivity contribution is -0.428. The molecule has 1 unspecified atom stereocenters. The van der Waals surface area contributed by atoms with Gasteiger partial charge in [0.15, 0.2) is 0 Å². The van der Waals surface area contributed by atoms with Gasteiger partial charge >= 0.3 is 0 Å². The highest BCUT2D eigenvalue weighted by atomic mass is 79.9. The molecular formula is C6H4BrCl2NO2. The molecule has 0 fully saturated rings. The van der Waals surface area contributed by atoms with Crippen LogP contribution in [0.15, 0.2) is 22.9 Å². The molecule has 1 aliphatic carbocycles. The van der Waals surface area contributed by atoms with Crippen LogP contribution in [0.2, 0.25) is 0 Å². The van der Waals surface area contributed by atoms with Crippen LogP contribution >= 0.6 is 39.1 Å². The molecule has 0 saturated heterocycles. The van der Waals surface area contributed by atoms with Gasteiger partial charge in [-0.2, -0.15) is 0 Å². The Morgan fingerprint density at radius 1 is 1.75 bits per heavy atom. The van der Waals surface area contributed by atoms with Gasteiger partial charge in [-0.3, -0.25) is 10.1 Å². The van der Waals surface area contributed by atoms with E-state index in [0.29, 0.717) is 0 Å². The maximum absolute atomic E-state index is 10.4. The fourth-order valence-corrected chi connectivity index (χ4v) is 2.15. The highest BCUT2D eigenvalue weighted by molar-refractivity contribution is 9.10. The molecule has 66 valence electrons. The summed E-state index contributed by atoms with van der Waals surface area (Å²) in [6, 6.07) is 0. The van der Waals surface area contributed by atoms with Gasteiger partial charge in [0, 0.05) is 11.1 Å². The van der Waals surface area contributed by atoms with Crippen molar-refractivity contribution in [3.63, 3.8) is 0 Å². The molecule has 0 aromatic rings. The zero-order valence-electron chi connectivity index (χ0n) is 5.76. The SMILES string of the molecule is O=[N+]([O-])C1=CC(Cl)=CC(Cl)(Br)C1. The molecule has 0 heterocycles. The van der Waals surface area contributed by atoms with Crippen molar-refractivity contribution >= 4 is 39.1 Å². The monoisotopic (exact) mass is 271 g/mol. The summed E-state index contributed by atoms with van der Waals surface area (Å²) in [5, 5.41) is 10.6. The third-order valence-electron chi connectivity index (χ3n) is 1.30. The van der Waals surface area contributed by atoms with E-state index in [9.17, 15) is 10.1 Å². The van der Waals surface area contributed by atoms with Crippen molar-refractivity contribution in [3.05, 3.63) is 33.0 Å². The molecule has 1 atom stereocenters. The molecule has 0 amide bonds. The zero-order valence-corrected chi connectivity index (χ0v) is 8.86. The Morgan fingerprint density at radius 2 is 2.33 bits per heavy atom. The number of nitrogens with zero attached hydrogens (tertiary/aromatic N) is 1. The third-order valence-corrected chi connectivity index (χ3v) is 2.28. The van der Waals surface area contributed by atoms with Crippen molar-refractivity contribution in [2.75, 3.05) is 0 Å². The van der Waals surface area contributed by atoms with Crippen molar-refractivity contribution in [2.24, 2.45) is 0 Å². The normalized spacial score (nSPS) is 29.2. The number of rotatable bonds is 1. The molecule has 0 bridgehead atoms. The molecule has 0 spiro atoms. The first-order chi connectivity index (χ1) is 5.41. The summed E-state index contributed by atoms with van der Waals surface area (Å²) >= 11 is 14.5. The molecule has 1 rings (SSSR count). The van der Waals surface area contributed by atoms with E-state index < -0.39 is 8.71 Å². The van der Waals surface area contributed by atoms with E-state index in [1.54, 1.807) is 0 Å². The van der Waals surface area contributed by atoms with Crippen LogP contribution in [0.4, 0.5) is 0 Å². The standard InChI is InChI=1S/C6H4BrCl2NO2/c7-6(9)2-4(8)1-5(3-6)10(11)12/h1-2H,3H2. The van der Waals surface area contributed by atoms with Crippen LogP contribution in [0, 0.1) is 10.1 Å². The predicted molar refractivity (Wildman–Crippen MR) is 51.1 cm³/mol. The second kappa shape index (κ2) is 3.36. The van der Waals surface area contributed by atoms with Crippen molar-refractivity contribution in [1.82, 2.24) is 0 Å². The molecule has 1 aliphatic rings. The smallest absolute Gasteiger partial charge is 0.250 e. The van der Waals surface area contributed by atoms with E-state index in [2.05, 4.69) is 15.9 Å². The first-order valence-electron chi connectivity index (χ1n) is 3.02. The minimum atomic E-state index is -0.915. The van der Waals surface area contributed by atoms with Crippen LogP contribution < -0.4 is 0 Å². The van der Waals surface area contributed by atoms with E-state index in [-0.39, 0.29) is 17.2 Å². The molecular weight excluding hydrogens is 269 g/mol. The van der Waals surface area contributed by atoms with E-state index >= 15 is 0 Å². The predicted octanol–water partition coefficient (Wildman–Crippen LogP) is 3.00. The number of nitro groups is 1. The summed E-state index contributed by atoms with van der Waals surface area (Å²) in [5.74, 6) is 0.